The van der Waals surface area contributed by atoms with E-state index in [1.807, 2.05) is 0 Å². The van der Waals surface area contributed by atoms with E-state index in [1.165, 1.54) is 12.1 Å². The molecule has 1 aromatic rings. The largest absolute Gasteiger partial charge is 0.481 e. The maximum Gasteiger partial charge on any atom is 0.305 e. The van der Waals surface area contributed by atoms with Crippen molar-refractivity contribution in [2.24, 2.45) is 0 Å². The van der Waals surface area contributed by atoms with Crippen LogP contribution in [0.25, 0.3) is 0 Å². The molecule has 0 saturated heterocycles. The number of terminal acetylenes is 1. The highest BCUT2D eigenvalue weighted by atomic mass is 19.1. The molecule has 0 aliphatic carbocycles. The fourth-order valence-corrected chi connectivity index (χ4v) is 1.29. The Morgan fingerprint density at radius 2 is 2.06 bits per heavy atom. The van der Waals surface area contributed by atoms with Crippen LogP contribution >= 0.6 is 0 Å². The van der Waals surface area contributed by atoms with Gasteiger partial charge in [-0.3, -0.25) is 4.79 Å². The van der Waals surface area contributed by atoms with E-state index in [2.05, 4.69) is 5.92 Å². The van der Waals surface area contributed by atoms with Crippen molar-refractivity contribution in [1.29, 1.82) is 0 Å². The van der Waals surface area contributed by atoms with Gasteiger partial charge in [-0.1, -0.05) is 5.92 Å². The quantitative estimate of drug-likeness (QED) is 0.770. The van der Waals surface area contributed by atoms with Crippen molar-refractivity contribution in [3.05, 3.63) is 30.1 Å². The Morgan fingerprint density at radius 1 is 1.44 bits per heavy atom. The molecule has 3 nitrogen and oxygen atoms in total. The van der Waals surface area contributed by atoms with E-state index < -0.39 is 5.97 Å². The van der Waals surface area contributed by atoms with Gasteiger partial charge in [-0.2, -0.15) is 0 Å². The lowest BCUT2D eigenvalue weighted by atomic mass is 10.2. The van der Waals surface area contributed by atoms with E-state index in [0.29, 0.717) is 13.1 Å². The summed E-state index contributed by atoms with van der Waals surface area (Å²) in [5.41, 5.74) is 0.723. The number of anilines is 1. The Bertz CT molecular complexity index is 394. The summed E-state index contributed by atoms with van der Waals surface area (Å²) in [6.45, 7) is 0.615. The van der Waals surface area contributed by atoms with Gasteiger partial charge in [0.25, 0.3) is 0 Å². The first-order valence-electron chi connectivity index (χ1n) is 4.79. The molecule has 0 unspecified atom stereocenters. The van der Waals surface area contributed by atoms with E-state index >= 15 is 0 Å². The van der Waals surface area contributed by atoms with Gasteiger partial charge in [0, 0.05) is 12.2 Å². The van der Waals surface area contributed by atoms with Gasteiger partial charge in [0.1, 0.15) is 5.82 Å². The van der Waals surface area contributed by atoms with Crippen LogP contribution in [0.4, 0.5) is 10.1 Å². The third-order valence-corrected chi connectivity index (χ3v) is 2.07. The van der Waals surface area contributed by atoms with Crippen LogP contribution in [-0.4, -0.2) is 24.2 Å². The second kappa shape index (κ2) is 5.76. The van der Waals surface area contributed by atoms with E-state index in [9.17, 15) is 9.18 Å². The first kappa shape index (κ1) is 12.1. The Morgan fingerprint density at radius 3 is 2.56 bits per heavy atom. The van der Waals surface area contributed by atoms with Crippen LogP contribution in [-0.2, 0) is 4.79 Å². The van der Waals surface area contributed by atoms with E-state index in [0.717, 1.165) is 5.69 Å². The molecule has 0 radical (unpaired) electrons. The molecule has 1 N–H and O–H groups in total. The smallest absolute Gasteiger partial charge is 0.305 e. The van der Waals surface area contributed by atoms with Crippen LogP contribution in [0.1, 0.15) is 6.42 Å². The van der Waals surface area contributed by atoms with E-state index in [4.69, 9.17) is 11.5 Å². The van der Waals surface area contributed by atoms with Crippen molar-refractivity contribution in [1.82, 2.24) is 0 Å². The van der Waals surface area contributed by atoms with Crippen molar-refractivity contribution in [3.63, 3.8) is 0 Å². The first-order chi connectivity index (χ1) is 7.63. The normalized spacial score (nSPS) is 9.50. The number of benzene rings is 1. The molecule has 0 saturated carbocycles. The number of carbonyl (C=O) groups is 1. The van der Waals surface area contributed by atoms with Gasteiger partial charge in [-0.05, 0) is 24.3 Å². The number of carboxylic acid groups (broad SMARTS) is 1. The van der Waals surface area contributed by atoms with Gasteiger partial charge in [-0.25, -0.2) is 4.39 Å². The van der Waals surface area contributed by atoms with Gasteiger partial charge in [0.2, 0.25) is 0 Å². The van der Waals surface area contributed by atoms with Gasteiger partial charge in [-0.15, -0.1) is 6.42 Å². The number of hydrogen-bond donors (Lipinski definition) is 1. The second-order valence-electron chi connectivity index (χ2n) is 3.25. The Balaban J connectivity index is 2.73. The van der Waals surface area contributed by atoms with Crippen molar-refractivity contribution in [3.8, 4) is 12.3 Å². The Hall–Kier alpha value is -2.02. The van der Waals surface area contributed by atoms with Gasteiger partial charge in [0.05, 0.1) is 13.0 Å². The average molecular weight is 221 g/mol. The summed E-state index contributed by atoms with van der Waals surface area (Å²) in [4.78, 5) is 12.2. The summed E-state index contributed by atoms with van der Waals surface area (Å²) >= 11 is 0. The molecule has 0 aliphatic heterocycles. The molecule has 4 heteroatoms. The molecule has 0 fully saturated rings. The highest BCUT2D eigenvalue weighted by molar-refractivity contribution is 5.67. The van der Waals surface area contributed by atoms with Crippen molar-refractivity contribution in [2.45, 2.75) is 6.42 Å². The zero-order valence-electron chi connectivity index (χ0n) is 8.69. The maximum atomic E-state index is 12.7. The molecule has 1 rings (SSSR count). The molecule has 0 spiro atoms. The molecule has 16 heavy (non-hydrogen) atoms. The lowest BCUT2D eigenvalue weighted by molar-refractivity contribution is -0.136. The van der Waals surface area contributed by atoms with Crippen LogP contribution in [0, 0.1) is 18.2 Å². The summed E-state index contributed by atoms with van der Waals surface area (Å²) in [6, 6.07) is 5.79. The fraction of sp³-hybridized carbons (Fsp3) is 0.250. The molecular weight excluding hydrogens is 209 g/mol. The third-order valence-electron chi connectivity index (χ3n) is 2.07. The monoisotopic (exact) mass is 221 g/mol. The van der Waals surface area contributed by atoms with Crippen LogP contribution in [0.2, 0.25) is 0 Å². The average Bonchev–Trinajstić information content (AvgIpc) is 2.25. The first-order valence-corrected chi connectivity index (χ1v) is 4.79. The topological polar surface area (TPSA) is 40.5 Å². The Kier molecular flexibility index (Phi) is 4.34. The zero-order valence-corrected chi connectivity index (χ0v) is 8.69. The molecule has 0 amide bonds. The number of nitrogens with zero attached hydrogens (tertiary/aromatic N) is 1. The van der Waals surface area contributed by atoms with Crippen molar-refractivity contribution >= 4 is 11.7 Å². The standard InChI is InChI=1S/C12H12FNO2/c1-2-8-14(9-7-12(15)16)11-5-3-10(13)4-6-11/h1,3-6H,7-9H2,(H,15,16). The molecule has 0 aliphatic rings. The number of rotatable bonds is 5. The zero-order chi connectivity index (χ0) is 12.0. The molecule has 0 aromatic heterocycles. The SMILES string of the molecule is C#CCN(CCC(=O)O)c1ccc(F)cc1. The second-order valence-corrected chi connectivity index (χ2v) is 3.25. The fourth-order valence-electron chi connectivity index (χ4n) is 1.29. The number of hydrogen-bond acceptors (Lipinski definition) is 2. The summed E-state index contributed by atoms with van der Waals surface area (Å²) in [6.07, 6.45) is 5.19. The van der Waals surface area contributed by atoms with Gasteiger partial charge in [0.15, 0.2) is 0 Å². The summed E-state index contributed by atoms with van der Waals surface area (Å²) in [5.74, 6) is 1.23. The molecule has 84 valence electrons. The minimum atomic E-state index is -0.885. The van der Waals surface area contributed by atoms with Crippen LogP contribution in [0.3, 0.4) is 0 Å². The predicted molar refractivity (Wildman–Crippen MR) is 59.7 cm³/mol. The minimum absolute atomic E-state index is 0.000936. The highest BCUT2D eigenvalue weighted by Crippen LogP contribution is 2.14. The van der Waals surface area contributed by atoms with Crippen LogP contribution in [0.5, 0.6) is 0 Å². The lowest BCUT2D eigenvalue weighted by Crippen LogP contribution is -2.26. The number of aliphatic carboxylic acids is 1. The molecule has 1 aromatic carbocycles. The Labute approximate surface area is 93.5 Å². The highest BCUT2D eigenvalue weighted by Gasteiger charge is 2.07. The summed E-state index contributed by atoms with van der Waals surface area (Å²) < 4.78 is 12.7. The predicted octanol–water partition coefficient (Wildman–Crippen LogP) is 1.74. The van der Waals surface area contributed by atoms with E-state index in [-0.39, 0.29) is 12.2 Å². The number of carboxylic acids is 1. The number of halogens is 1. The van der Waals surface area contributed by atoms with Crippen molar-refractivity contribution in [2.75, 3.05) is 18.0 Å². The lowest BCUT2D eigenvalue weighted by Gasteiger charge is -2.21. The molecule has 0 bridgehead atoms. The third kappa shape index (κ3) is 3.62. The van der Waals surface area contributed by atoms with Crippen LogP contribution < -0.4 is 4.90 Å². The molecule has 0 atom stereocenters. The molecular formula is C12H12FNO2. The summed E-state index contributed by atoms with van der Waals surface area (Å²) in [7, 11) is 0. The maximum absolute atomic E-state index is 12.7. The van der Waals surface area contributed by atoms with Crippen LogP contribution in [0.15, 0.2) is 24.3 Å². The van der Waals surface area contributed by atoms with Gasteiger partial charge >= 0.3 is 5.97 Å². The minimum Gasteiger partial charge on any atom is -0.481 e. The van der Waals surface area contributed by atoms with Gasteiger partial charge < -0.3 is 10.0 Å². The van der Waals surface area contributed by atoms with E-state index in [1.54, 1.807) is 17.0 Å². The summed E-state index contributed by atoms with van der Waals surface area (Å²) in [5, 5.41) is 8.58. The van der Waals surface area contributed by atoms with Crippen molar-refractivity contribution < 1.29 is 14.3 Å². The molecule has 0 heterocycles.